The minimum atomic E-state index is -0.853. The number of nitrogens with one attached hydrogen (secondary N) is 1. The van der Waals surface area contributed by atoms with Crippen molar-refractivity contribution in [2.75, 3.05) is 19.8 Å². The molecule has 1 rings (SSSR count). The van der Waals surface area contributed by atoms with Gasteiger partial charge in [0.15, 0.2) is 0 Å². The molecule has 0 aliphatic rings. The van der Waals surface area contributed by atoms with Crippen molar-refractivity contribution in [3.8, 4) is 0 Å². The molecule has 19 heavy (non-hydrogen) atoms. The van der Waals surface area contributed by atoms with Crippen molar-refractivity contribution < 1.29 is 18.3 Å². The van der Waals surface area contributed by atoms with Gasteiger partial charge >= 0.3 is 0 Å². The molecule has 0 saturated carbocycles. The monoisotopic (exact) mass is 271 g/mol. The molecule has 0 bridgehead atoms. The zero-order valence-corrected chi connectivity index (χ0v) is 11.2. The lowest BCUT2D eigenvalue weighted by molar-refractivity contribution is 0.0921. The molecule has 0 fully saturated rings. The van der Waals surface area contributed by atoms with E-state index in [0.717, 1.165) is 12.1 Å². The molecule has 0 spiro atoms. The molecule has 0 atom stereocenters. The number of benzene rings is 1. The van der Waals surface area contributed by atoms with E-state index in [0.29, 0.717) is 38.2 Å². The Kier molecular flexibility index (Phi) is 6.42. The average molecular weight is 271 g/mol. The van der Waals surface area contributed by atoms with Crippen LogP contribution in [0.1, 0.15) is 30.6 Å². The molecule has 0 aliphatic heterocycles. The summed E-state index contributed by atoms with van der Waals surface area (Å²) in [6.45, 7) is 5.73. The third-order valence-electron chi connectivity index (χ3n) is 2.38. The molecule has 106 valence electrons. The normalized spacial score (nSPS) is 10.8. The number of carbonyl (C=O) groups excluding carboxylic acids is 1. The van der Waals surface area contributed by atoms with Crippen LogP contribution in [0.15, 0.2) is 18.2 Å². The lowest BCUT2D eigenvalue weighted by Crippen LogP contribution is -2.26. The summed E-state index contributed by atoms with van der Waals surface area (Å²) in [5, 5.41) is 2.57. The van der Waals surface area contributed by atoms with E-state index in [1.807, 2.05) is 0 Å². The number of halogens is 2. The molecule has 0 aliphatic carbocycles. The van der Waals surface area contributed by atoms with Gasteiger partial charge in [0, 0.05) is 25.8 Å². The van der Waals surface area contributed by atoms with Gasteiger partial charge in [0.05, 0.1) is 5.56 Å². The molecule has 0 saturated heterocycles. The summed E-state index contributed by atoms with van der Waals surface area (Å²) in [6.07, 6.45) is 0.654. The highest BCUT2D eigenvalue weighted by molar-refractivity contribution is 5.94. The molecule has 1 N–H and O–H groups in total. The summed E-state index contributed by atoms with van der Waals surface area (Å²) in [6, 6.07) is 2.89. The summed E-state index contributed by atoms with van der Waals surface area (Å²) in [5.41, 5.74) is -0.149. The molecule has 1 aromatic carbocycles. The fraction of sp³-hybridized carbons (Fsp3) is 0.500. The molecule has 5 heteroatoms. The van der Waals surface area contributed by atoms with E-state index < -0.39 is 17.5 Å². The molecular weight excluding hydrogens is 252 g/mol. The van der Waals surface area contributed by atoms with Gasteiger partial charge in [0.1, 0.15) is 11.6 Å². The average Bonchev–Trinajstić information content (AvgIpc) is 2.32. The van der Waals surface area contributed by atoms with Crippen LogP contribution in [0.3, 0.4) is 0 Å². The van der Waals surface area contributed by atoms with E-state index in [2.05, 4.69) is 19.2 Å². The maximum atomic E-state index is 13.3. The summed E-state index contributed by atoms with van der Waals surface area (Å²) in [4.78, 5) is 11.6. The molecule has 3 nitrogen and oxygen atoms in total. The Morgan fingerprint density at radius 2 is 2.11 bits per heavy atom. The van der Waals surface area contributed by atoms with Gasteiger partial charge in [0.25, 0.3) is 5.91 Å². The summed E-state index contributed by atoms with van der Waals surface area (Å²) in [5.74, 6) is -1.62. The standard InChI is InChI=1S/C14H19F2NO2/c1-10(2)9-19-7-3-6-17-14(18)12-5-4-11(15)8-13(12)16/h4-5,8,10H,3,6-7,9H2,1-2H3,(H,17,18). The summed E-state index contributed by atoms with van der Waals surface area (Å²) in [7, 11) is 0. The van der Waals surface area contributed by atoms with E-state index in [1.54, 1.807) is 0 Å². The van der Waals surface area contributed by atoms with Gasteiger partial charge < -0.3 is 10.1 Å². The molecule has 0 heterocycles. The first kappa shape index (κ1) is 15.6. The number of hydrogen-bond acceptors (Lipinski definition) is 2. The van der Waals surface area contributed by atoms with Gasteiger partial charge in [-0.2, -0.15) is 0 Å². The first-order valence-corrected chi connectivity index (χ1v) is 6.31. The predicted molar refractivity (Wildman–Crippen MR) is 69.0 cm³/mol. The number of ether oxygens (including phenoxy) is 1. The van der Waals surface area contributed by atoms with Crippen molar-refractivity contribution in [2.45, 2.75) is 20.3 Å². The van der Waals surface area contributed by atoms with E-state index in [9.17, 15) is 13.6 Å². The number of carbonyl (C=O) groups is 1. The molecule has 1 aromatic rings. The zero-order chi connectivity index (χ0) is 14.3. The fourth-order valence-electron chi connectivity index (χ4n) is 1.46. The van der Waals surface area contributed by atoms with Crippen molar-refractivity contribution in [3.63, 3.8) is 0 Å². The van der Waals surface area contributed by atoms with Crippen molar-refractivity contribution >= 4 is 5.91 Å². The Morgan fingerprint density at radius 1 is 1.37 bits per heavy atom. The van der Waals surface area contributed by atoms with Crippen LogP contribution in [0.5, 0.6) is 0 Å². The van der Waals surface area contributed by atoms with Gasteiger partial charge in [-0.15, -0.1) is 0 Å². The third-order valence-corrected chi connectivity index (χ3v) is 2.38. The Bertz CT molecular complexity index is 422. The van der Waals surface area contributed by atoms with Crippen LogP contribution in [-0.2, 0) is 4.74 Å². The maximum absolute atomic E-state index is 13.3. The smallest absolute Gasteiger partial charge is 0.254 e. The van der Waals surface area contributed by atoms with E-state index in [-0.39, 0.29) is 5.56 Å². The van der Waals surface area contributed by atoms with Gasteiger partial charge in [-0.05, 0) is 24.5 Å². The summed E-state index contributed by atoms with van der Waals surface area (Å²) < 4.78 is 31.3. The first-order chi connectivity index (χ1) is 9.00. The largest absolute Gasteiger partial charge is 0.381 e. The SMILES string of the molecule is CC(C)COCCCNC(=O)c1ccc(F)cc1F. The topological polar surface area (TPSA) is 38.3 Å². The van der Waals surface area contributed by atoms with Crippen molar-refractivity contribution in [2.24, 2.45) is 5.92 Å². The first-order valence-electron chi connectivity index (χ1n) is 6.31. The van der Waals surface area contributed by atoms with Crippen LogP contribution in [-0.4, -0.2) is 25.7 Å². The second-order valence-electron chi connectivity index (χ2n) is 4.70. The molecule has 0 unspecified atom stereocenters. The third kappa shape index (κ3) is 5.79. The lowest BCUT2D eigenvalue weighted by Gasteiger charge is -2.08. The Balaban J connectivity index is 2.28. The summed E-state index contributed by atoms with van der Waals surface area (Å²) >= 11 is 0. The fourth-order valence-corrected chi connectivity index (χ4v) is 1.46. The predicted octanol–water partition coefficient (Wildman–Crippen LogP) is 2.76. The maximum Gasteiger partial charge on any atom is 0.254 e. The highest BCUT2D eigenvalue weighted by Gasteiger charge is 2.11. The Labute approximate surface area is 112 Å². The van der Waals surface area contributed by atoms with Crippen LogP contribution in [0, 0.1) is 17.6 Å². The minimum absolute atomic E-state index is 0.149. The highest BCUT2D eigenvalue weighted by atomic mass is 19.1. The highest BCUT2D eigenvalue weighted by Crippen LogP contribution is 2.09. The lowest BCUT2D eigenvalue weighted by atomic mass is 10.2. The Morgan fingerprint density at radius 3 is 2.74 bits per heavy atom. The van der Waals surface area contributed by atoms with Gasteiger partial charge in [-0.1, -0.05) is 13.8 Å². The number of hydrogen-bond donors (Lipinski definition) is 1. The van der Waals surface area contributed by atoms with Crippen LogP contribution in [0.4, 0.5) is 8.78 Å². The van der Waals surface area contributed by atoms with Crippen LogP contribution in [0.2, 0.25) is 0 Å². The zero-order valence-electron chi connectivity index (χ0n) is 11.2. The minimum Gasteiger partial charge on any atom is -0.381 e. The second-order valence-corrected chi connectivity index (χ2v) is 4.70. The van der Waals surface area contributed by atoms with Crippen molar-refractivity contribution in [1.82, 2.24) is 5.32 Å². The van der Waals surface area contributed by atoms with E-state index in [4.69, 9.17) is 4.74 Å². The van der Waals surface area contributed by atoms with E-state index >= 15 is 0 Å². The van der Waals surface area contributed by atoms with Gasteiger partial charge in [-0.3, -0.25) is 4.79 Å². The quantitative estimate of drug-likeness (QED) is 0.774. The van der Waals surface area contributed by atoms with Crippen LogP contribution >= 0.6 is 0 Å². The Hall–Kier alpha value is -1.49. The number of rotatable bonds is 7. The second kappa shape index (κ2) is 7.84. The van der Waals surface area contributed by atoms with Crippen molar-refractivity contribution in [1.29, 1.82) is 0 Å². The van der Waals surface area contributed by atoms with Gasteiger partial charge in [0.2, 0.25) is 0 Å². The van der Waals surface area contributed by atoms with Crippen LogP contribution in [0.25, 0.3) is 0 Å². The molecule has 0 radical (unpaired) electrons. The van der Waals surface area contributed by atoms with Gasteiger partial charge in [-0.25, -0.2) is 8.78 Å². The molecule has 0 aromatic heterocycles. The van der Waals surface area contributed by atoms with Crippen LogP contribution < -0.4 is 5.32 Å². The van der Waals surface area contributed by atoms with E-state index in [1.165, 1.54) is 0 Å². The molecule has 1 amide bonds. The molecular formula is C14H19F2NO2. The number of amides is 1. The van der Waals surface area contributed by atoms with Crippen molar-refractivity contribution in [3.05, 3.63) is 35.4 Å².